The van der Waals surface area contributed by atoms with Crippen LogP contribution in [-0.2, 0) is 0 Å². The van der Waals surface area contributed by atoms with Gasteiger partial charge in [0, 0.05) is 11.1 Å². The standard InChI is InChI=1S/C11H8BrNO2/c1-5-2-3-6-7(4-5)11(15)9(13)8(12)10(6)14/h2-4H,13H2,1H3. The molecule has 15 heavy (non-hydrogen) atoms. The summed E-state index contributed by atoms with van der Waals surface area (Å²) in [5, 5.41) is 0. The number of hydrogen-bond acceptors (Lipinski definition) is 3. The average Bonchev–Trinajstić information content (AvgIpc) is 2.23. The molecule has 0 aromatic heterocycles. The number of allylic oxidation sites excluding steroid dienone is 2. The van der Waals surface area contributed by atoms with Crippen molar-refractivity contribution in [2.45, 2.75) is 6.92 Å². The number of rotatable bonds is 0. The molecule has 4 heteroatoms. The molecule has 0 unspecified atom stereocenters. The van der Waals surface area contributed by atoms with Crippen LogP contribution in [0.1, 0.15) is 26.3 Å². The summed E-state index contributed by atoms with van der Waals surface area (Å²) in [4.78, 5) is 23.5. The van der Waals surface area contributed by atoms with E-state index in [1.807, 2.05) is 6.92 Å². The van der Waals surface area contributed by atoms with Crippen LogP contribution in [0.2, 0.25) is 0 Å². The van der Waals surface area contributed by atoms with E-state index in [0.29, 0.717) is 11.1 Å². The van der Waals surface area contributed by atoms with Crippen LogP contribution >= 0.6 is 15.9 Å². The first-order valence-corrected chi connectivity index (χ1v) is 5.17. The molecule has 3 nitrogen and oxygen atoms in total. The van der Waals surface area contributed by atoms with Gasteiger partial charge in [0.05, 0.1) is 10.2 Å². The number of carbonyl (C=O) groups is 2. The van der Waals surface area contributed by atoms with Crippen LogP contribution in [-0.4, -0.2) is 11.6 Å². The highest BCUT2D eigenvalue weighted by Gasteiger charge is 2.29. The fourth-order valence-electron chi connectivity index (χ4n) is 1.53. The fourth-order valence-corrected chi connectivity index (χ4v) is 1.92. The molecule has 2 rings (SSSR count). The molecule has 2 N–H and O–H groups in total. The fraction of sp³-hybridized carbons (Fsp3) is 0.0909. The van der Waals surface area contributed by atoms with E-state index < -0.39 is 0 Å². The summed E-state index contributed by atoms with van der Waals surface area (Å²) in [5.41, 5.74) is 7.25. The van der Waals surface area contributed by atoms with Crippen molar-refractivity contribution < 1.29 is 9.59 Å². The number of ketones is 2. The normalized spacial score (nSPS) is 15.6. The number of fused-ring (bicyclic) bond motifs is 1. The van der Waals surface area contributed by atoms with Gasteiger partial charge in [0.15, 0.2) is 0 Å². The Kier molecular flexibility index (Phi) is 2.23. The first kappa shape index (κ1) is 10.1. The largest absolute Gasteiger partial charge is 0.395 e. The Morgan fingerprint density at radius 1 is 1.13 bits per heavy atom. The summed E-state index contributed by atoms with van der Waals surface area (Å²) < 4.78 is 0.156. The molecule has 0 bridgehead atoms. The highest BCUT2D eigenvalue weighted by atomic mass is 79.9. The van der Waals surface area contributed by atoms with Crippen LogP contribution in [0.4, 0.5) is 0 Å². The van der Waals surface area contributed by atoms with Gasteiger partial charge >= 0.3 is 0 Å². The number of nitrogens with two attached hydrogens (primary N) is 1. The van der Waals surface area contributed by atoms with Gasteiger partial charge < -0.3 is 5.73 Å². The highest BCUT2D eigenvalue weighted by Crippen LogP contribution is 2.27. The zero-order valence-corrected chi connectivity index (χ0v) is 9.59. The SMILES string of the molecule is Cc1ccc2c(c1)C(=O)C(N)=C(Br)C2=O. The van der Waals surface area contributed by atoms with Crippen LogP contribution in [0.25, 0.3) is 0 Å². The van der Waals surface area contributed by atoms with Crippen LogP contribution in [0.15, 0.2) is 28.4 Å². The zero-order valence-electron chi connectivity index (χ0n) is 8.00. The second kappa shape index (κ2) is 3.31. The van der Waals surface area contributed by atoms with Crippen LogP contribution in [0.3, 0.4) is 0 Å². The second-order valence-corrected chi connectivity index (χ2v) is 4.23. The van der Waals surface area contributed by atoms with Gasteiger partial charge in [0.2, 0.25) is 11.6 Å². The predicted octanol–water partition coefficient (Wildman–Crippen LogP) is 1.94. The minimum atomic E-state index is -0.292. The molecule has 0 saturated heterocycles. The Morgan fingerprint density at radius 2 is 1.80 bits per heavy atom. The topological polar surface area (TPSA) is 60.2 Å². The number of carbonyl (C=O) groups excluding carboxylic acids is 2. The lowest BCUT2D eigenvalue weighted by Gasteiger charge is -2.15. The van der Waals surface area contributed by atoms with Crippen molar-refractivity contribution in [1.82, 2.24) is 0 Å². The number of Topliss-reactive ketones (excluding diaryl/α,β-unsaturated/α-hetero) is 2. The Labute approximate surface area is 95.1 Å². The predicted molar refractivity (Wildman–Crippen MR) is 60.0 cm³/mol. The number of aryl methyl sites for hydroxylation is 1. The Hall–Kier alpha value is -1.42. The van der Waals surface area contributed by atoms with Gasteiger partial charge in [-0.1, -0.05) is 17.7 Å². The lowest BCUT2D eigenvalue weighted by molar-refractivity contribution is 0.0981. The van der Waals surface area contributed by atoms with Gasteiger partial charge in [0.25, 0.3) is 0 Å². The number of hydrogen-bond donors (Lipinski definition) is 1. The van der Waals surface area contributed by atoms with Gasteiger partial charge in [-0.05, 0) is 28.9 Å². The number of halogens is 1. The molecule has 1 aromatic carbocycles. The van der Waals surface area contributed by atoms with E-state index in [9.17, 15) is 9.59 Å². The summed E-state index contributed by atoms with van der Waals surface area (Å²) in [5.74, 6) is -0.526. The minimum absolute atomic E-state index is 0.0156. The van der Waals surface area contributed by atoms with Gasteiger partial charge in [0.1, 0.15) is 0 Å². The molecule has 0 radical (unpaired) electrons. The maximum atomic E-state index is 11.8. The van der Waals surface area contributed by atoms with Crippen molar-refractivity contribution in [3.8, 4) is 0 Å². The van der Waals surface area contributed by atoms with E-state index in [1.54, 1.807) is 18.2 Å². The number of benzene rings is 1. The van der Waals surface area contributed by atoms with Gasteiger partial charge in [-0.25, -0.2) is 0 Å². The summed E-state index contributed by atoms with van der Waals surface area (Å²) in [6.07, 6.45) is 0. The summed E-state index contributed by atoms with van der Waals surface area (Å²) in [6, 6.07) is 5.13. The summed E-state index contributed by atoms with van der Waals surface area (Å²) >= 11 is 3.03. The molecule has 0 atom stereocenters. The molecule has 0 saturated carbocycles. The summed E-state index contributed by atoms with van der Waals surface area (Å²) in [7, 11) is 0. The third-order valence-corrected chi connectivity index (χ3v) is 3.13. The third-order valence-electron chi connectivity index (χ3n) is 2.34. The Balaban J connectivity index is 2.73. The van der Waals surface area contributed by atoms with Crippen LogP contribution in [0, 0.1) is 6.92 Å². The van der Waals surface area contributed by atoms with E-state index in [1.165, 1.54) is 0 Å². The van der Waals surface area contributed by atoms with E-state index >= 15 is 0 Å². The molecule has 1 aliphatic carbocycles. The second-order valence-electron chi connectivity index (χ2n) is 3.43. The minimum Gasteiger partial charge on any atom is -0.395 e. The van der Waals surface area contributed by atoms with Crippen molar-refractivity contribution >= 4 is 27.5 Å². The Morgan fingerprint density at radius 3 is 2.47 bits per heavy atom. The molecular formula is C11H8BrNO2. The van der Waals surface area contributed by atoms with Gasteiger partial charge in [-0.2, -0.15) is 0 Å². The molecule has 76 valence electrons. The molecule has 0 amide bonds. The lowest BCUT2D eigenvalue weighted by atomic mass is 9.91. The van der Waals surface area contributed by atoms with Crippen LogP contribution < -0.4 is 5.73 Å². The molecule has 0 fully saturated rings. The van der Waals surface area contributed by atoms with Crippen molar-refractivity contribution in [1.29, 1.82) is 0 Å². The first-order valence-electron chi connectivity index (χ1n) is 4.37. The first-order chi connectivity index (χ1) is 7.02. The maximum Gasteiger partial charge on any atom is 0.210 e. The third kappa shape index (κ3) is 1.41. The van der Waals surface area contributed by atoms with E-state index in [-0.39, 0.29) is 21.7 Å². The monoisotopic (exact) mass is 265 g/mol. The van der Waals surface area contributed by atoms with Gasteiger partial charge in [-0.15, -0.1) is 0 Å². The molecule has 0 heterocycles. The quantitative estimate of drug-likeness (QED) is 0.780. The average molecular weight is 266 g/mol. The maximum absolute atomic E-state index is 11.8. The van der Waals surface area contributed by atoms with Crippen LogP contribution in [0.5, 0.6) is 0 Å². The lowest BCUT2D eigenvalue weighted by Crippen LogP contribution is -2.24. The van der Waals surface area contributed by atoms with Crippen molar-refractivity contribution in [2.75, 3.05) is 0 Å². The van der Waals surface area contributed by atoms with E-state index in [0.717, 1.165) is 5.56 Å². The molecule has 0 spiro atoms. The molecular weight excluding hydrogens is 258 g/mol. The van der Waals surface area contributed by atoms with Gasteiger partial charge in [-0.3, -0.25) is 9.59 Å². The van der Waals surface area contributed by atoms with Crippen molar-refractivity contribution in [2.24, 2.45) is 5.73 Å². The zero-order chi connectivity index (χ0) is 11.2. The van der Waals surface area contributed by atoms with E-state index in [4.69, 9.17) is 5.73 Å². The summed E-state index contributed by atoms with van der Waals surface area (Å²) in [6.45, 7) is 1.86. The van der Waals surface area contributed by atoms with Crippen molar-refractivity contribution in [3.63, 3.8) is 0 Å². The van der Waals surface area contributed by atoms with Crippen molar-refractivity contribution in [3.05, 3.63) is 45.1 Å². The molecule has 0 aliphatic heterocycles. The smallest absolute Gasteiger partial charge is 0.210 e. The molecule has 1 aromatic rings. The molecule has 1 aliphatic rings. The highest BCUT2D eigenvalue weighted by molar-refractivity contribution is 9.12. The van der Waals surface area contributed by atoms with E-state index in [2.05, 4.69) is 15.9 Å². The Bertz CT molecular complexity index is 517.